The lowest BCUT2D eigenvalue weighted by molar-refractivity contribution is 0.0948. The highest BCUT2D eigenvalue weighted by Crippen LogP contribution is 2.15. The number of amides is 2. The van der Waals surface area contributed by atoms with Crippen LogP contribution in [-0.4, -0.2) is 23.3 Å². The molecule has 0 unspecified atom stereocenters. The van der Waals surface area contributed by atoms with E-state index >= 15 is 0 Å². The molecule has 1 heterocycles. The van der Waals surface area contributed by atoms with Gasteiger partial charge in [0.25, 0.3) is 11.8 Å². The van der Waals surface area contributed by atoms with E-state index in [9.17, 15) is 9.59 Å². The number of para-hydroxylation sites is 1. The van der Waals surface area contributed by atoms with Crippen molar-refractivity contribution < 1.29 is 9.59 Å². The number of rotatable bonds is 7. The third-order valence-electron chi connectivity index (χ3n) is 4.42. The third-order valence-corrected chi connectivity index (χ3v) is 4.42. The molecule has 28 heavy (non-hydrogen) atoms. The van der Waals surface area contributed by atoms with E-state index in [1.807, 2.05) is 49.4 Å². The van der Waals surface area contributed by atoms with Crippen molar-refractivity contribution in [2.75, 3.05) is 11.9 Å². The van der Waals surface area contributed by atoms with Gasteiger partial charge in [0.05, 0.1) is 0 Å². The lowest BCUT2D eigenvalue weighted by Crippen LogP contribution is -2.26. The summed E-state index contributed by atoms with van der Waals surface area (Å²) in [5.41, 5.74) is 3.59. The van der Waals surface area contributed by atoms with Gasteiger partial charge in [0.2, 0.25) is 0 Å². The molecule has 2 amide bonds. The molecule has 0 aliphatic rings. The van der Waals surface area contributed by atoms with Crippen LogP contribution >= 0.6 is 0 Å². The van der Waals surface area contributed by atoms with E-state index in [2.05, 4.69) is 27.8 Å². The van der Waals surface area contributed by atoms with Crippen molar-refractivity contribution in [3.63, 3.8) is 0 Å². The highest BCUT2D eigenvalue weighted by molar-refractivity contribution is 6.06. The molecule has 5 heteroatoms. The summed E-state index contributed by atoms with van der Waals surface area (Å²) in [6.07, 6.45) is 3.21. The highest BCUT2D eigenvalue weighted by atomic mass is 16.2. The third kappa shape index (κ3) is 5.27. The number of benzene rings is 2. The Morgan fingerprint density at radius 3 is 2.46 bits per heavy atom. The fraction of sp³-hybridized carbons (Fsp3) is 0.174. The lowest BCUT2D eigenvalue weighted by Gasteiger charge is -2.09. The van der Waals surface area contributed by atoms with Gasteiger partial charge in [0.15, 0.2) is 0 Å². The summed E-state index contributed by atoms with van der Waals surface area (Å²) < 4.78 is 0. The minimum atomic E-state index is -0.279. The van der Waals surface area contributed by atoms with E-state index in [1.165, 1.54) is 17.8 Å². The van der Waals surface area contributed by atoms with E-state index in [-0.39, 0.29) is 17.5 Å². The summed E-state index contributed by atoms with van der Waals surface area (Å²) in [4.78, 5) is 28.9. The molecule has 2 N–H and O–H groups in total. The number of hydrogen-bond acceptors (Lipinski definition) is 3. The molecule has 0 aliphatic carbocycles. The van der Waals surface area contributed by atoms with Crippen LogP contribution in [0.25, 0.3) is 0 Å². The topological polar surface area (TPSA) is 71.1 Å². The molecule has 5 nitrogen and oxygen atoms in total. The fourth-order valence-corrected chi connectivity index (χ4v) is 2.83. The Bertz CT molecular complexity index is 955. The minimum absolute atomic E-state index is 0.233. The zero-order chi connectivity index (χ0) is 19.8. The smallest absolute Gasteiger partial charge is 0.269 e. The monoisotopic (exact) mass is 373 g/mol. The molecular formula is C23H23N3O2. The number of nitrogens with zero attached hydrogens (tertiary/aromatic N) is 1. The summed E-state index contributed by atoms with van der Waals surface area (Å²) in [6, 6.07) is 20.8. The maximum atomic E-state index is 12.5. The van der Waals surface area contributed by atoms with Crippen LogP contribution in [0.5, 0.6) is 0 Å². The van der Waals surface area contributed by atoms with Gasteiger partial charge in [0.1, 0.15) is 5.69 Å². The van der Waals surface area contributed by atoms with Gasteiger partial charge in [-0.2, -0.15) is 0 Å². The number of carbonyl (C=O) groups excluding carboxylic acids is 2. The Labute approximate surface area is 164 Å². The van der Waals surface area contributed by atoms with Gasteiger partial charge >= 0.3 is 0 Å². The molecule has 0 radical (unpaired) electrons. The second-order valence-corrected chi connectivity index (χ2v) is 6.54. The zero-order valence-electron chi connectivity index (χ0n) is 15.8. The van der Waals surface area contributed by atoms with Crippen LogP contribution in [0.15, 0.2) is 72.9 Å². The molecule has 0 saturated carbocycles. The van der Waals surface area contributed by atoms with E-state index in [0.717, 1.165) is 24.1 Å². The normalized spacial score (nSPS) is 10.3. The molecule has 3 rings (SSSR count). The number of pyridine rings is 1. The molecule has 2 aromatic carbocycles. The summed E-state index contributed by atoms with van der Waals surface area (Å²) in [5.74, 6) is -0.548. The van der Waals surface area contributed by atoms with Gasteiger partial charge in [-0.3, -0.25) is 14.6 Å². The van der Waals surface area contributed by atoms with Crippen molar-refractivity contribution in [3.05, 3.63) is 95.3 Å². The maximum absolute atomic E-state index is 12.5. The lowest BCUT2D eigenvalue weighted by atomic mass is 10.1. The largest absolute Gasteiger partial charge is 0.351 e. The van der Waals surface area contributed by atoms with Crippen LogP contribution in [0.2, 0.25) is 0 Å². The van der Waals surface area contributed by atoms with Crippen LogP contribution < -0.4 is 10.6 Å². The summed E-state index contributed by atoms with van der Waals surface area (Å²) in [7, 11) is 0. The standard InChI is InChI=1S/C23H23N3O2/c1-17-8-5-6-12-20(17)26-22(27)19-13-15-24-21(16-19)23(28)25-14-7-11-18-9-3-2-4-10-18/h2-6,8-10,12-13,15-16H,7,11,14H2,1H3,(H,25,28)(H,26,27). The molecular weight excluding hydrogens is 350 g/mol. The highest BCUT2D eigenvalue weighted by Gasteiger charge is 2.12. The Balaban J connectivity index is 1.55. The average Bonchev–Trinajstić information content (AvgIpc) is 2.73. The summed E-state index contributed by atoms with van der Waals surface area (Å²) in [6.45, 7) is 2.48. The van der Waals surface area contributed by atoms with Crippen LogP contribution in [-0.2, 0) is 6.42 Å². The predicted molar refractivity (Wildman–Crippen MR) is 110 cm³/mol. The van der Waals surface area contributed by atoms with Crippen molar-refractivity contribution in [2.24, 2.45) is 0 Å². The number of aryl methyl sites for hydroxylation is 2. The molecule has 1 aromatic heterocycles. The van der Waals surface area contributed by atoms with E-state index in [4.69, 9.17) is 0 Å². The van der Waals surface area contributed by atoms with Gasteiger partial charge in [-0.1, -0.05) is 48.5 Å². The summed E-state index contributed by atoms with van der Waals surface area (Å²) in [5, 5.41) is 5.73. The van der Waals surface area contributed by atoms with Crippen LogP contribution in [0.1, 0.15) is 38.4 Å². The Morgan fingerprint density at radius 1 is 0.929 bits per heavy atom. The number of hydrogen-bond donors (Lipinski definition) is 2. The van der Waals surface area contributed by atoms with Gasteiger partial charge in [-0.25, -0.2) is 0 Å². The van der Waals surface area contributed by atoms with Crippen molar-refractivity contribution in [1.82, 2.24) is 10.3 Å². The van der Waals surface area contributed by atoms with Crippen molar-refractivity contribution >= 4 is 17.5 Å². The first-order chi connectivity index (χ1) is 13.6. The Kier molecular flexibility index (Phi) is 6.52. The van der Waals surface area contributed by atoms with Crippen molar-refractivity contribution in [2.45, 2.75) is 19.8 Å². The molecule has 142 valence electrons. The number of aromatic nitrogens is 1. The van der Waals surface area contributed by atoms with E-state index in [0.29, 0.717) is 12.1 Å². The Hall–Kier alpha value is -3.47. The first-order valence-electron chi connectivity index (χ1n) is 9.28. The summed E-state index contributed by atoms with van der Waals surface area (Å²) >= 11 is 0. The number of anilines is 1. The van der Waals surface area contributed by atoms with Crippen LogP contribution in [0.4, 0.5) is 5.69 Å². The second-order valence-electron chi connectivity index (χ2n) is 6.54. The second kappa shape index (κ2) is 9.46. The van der Waals surface area contributed by atoms with Crippen LogP contribution in [0, 0.1) is 6.92 Å². The SMILES string of the molecule is Cc1ccccc1NC(=O)c1ccnc(C(=O)NCCCc2ccccc2)c1. The number of nitrogens with one attached hydrogen (secondary N) is 2. The molecule has 0 saturated heterocycles. The first-order valence-corrected chi connectivity index (χ1v) is 9.28. The molecule has 3 aromatic rings. The zero-order valence-corrected chi connectivity index (χ0v) is 15.8. The minimum Gasteiger partial charge on any atom is -0.351 e. The molecule has 0 aliphatic heterocycles. The van der Waals surface area contributed by atoms with Gasteiger partial charge < -0.3 is 10.6 Å². The molecule has 0 atom stereocenters. The quantitative estimate of drug-likeness (QED) is 0.615. The number of carbonyl (C=O) groups is 2. The molecule has 0 fully saturated rings. The first kappa shape index (κ1) is 19.3. The molecule has 0 bridgehead atoms. The average molecular weight is 373 g/mol. The van der Waals surface area contributed by atoms with Gasteiger partial charge in [-0.05, 0) is 49.1 Å². The molecule has 0 spiro atoms. The van der Waals surface area contributed by atoms with Gasteiger partial charge in [-0.15, -0.1) is 0 Å². The van der Waals surface area contributed by atoms with Gasteiger partial charge in [0, 0.05) is 24.0 Å². The van der Waals surface area contributed by atoms with E-state index in [1.54, 1.807) is 6.07 Å². The fourth-order valence-electron chi connectivity index (χ4n) is 2.83. The van der Waals surface area contributed by atoms with Crippen molar-refractivity contribution in [1.29, 1.82) is 0 Å². The Morgan fingerprint density at radius 2 is 1.68 bits per heavy atom. The maximum Gasteiger partial charge on any atom is 0.269 e. The van der Waals surface area contributed by atoms with Crippen LogP contribution in [0.3, 0.4) is 0 Å². The predicted octanol–water partition coefficient (Wildman–Crippen LogP) is 4.00. The van der Waals surface area contributed by atoms with Crippen molar-refractivity contribution in [3.8, 4) is 0 Å². The van der Waals surface area contributed by atoms with E-state index < -0.39 is 0 Å².